The lowest BCUT2D eigenvalue weighted by molar-refractivity contribution is -0.598. The van der Waals surface area contributed by atoms with E-state index in [9.17, 15) is 8.78 Å². The summed E-state index contributed by atoms with van der Waals surface area (Å²) >= 11 is 7.45. The van der Waals surface area contributed by atoms with E-state index in [0.29, 0.717) is 16.7 Å². The molecule has 0 bridgehead atoms. The van der Waals surface area contributed by atoms with Gasteiger partial charge >= 0.3 is 4.47 Å². The van der Waals surface area contributed by atoms with Gasteiger partial charge in [-0.3, -0.25) is 0 Å². The number of hydrogen-bond acceptors (Lipinski definition) is 2. The third kappa shape index (κ3) is 1.46. The van der Waals surface area contributed by atoms with Crippen molar-refractivity contribution in [1.82, 2.24) is 0 Å². The summed E-state index contributed by atoms with van der Waals surface area (Å²) in [6.07, 6.45) is 0. The Hall–Kier alpha value is -1.20. The molecule has 0 saturated carbocycles. The number of benzene rings is 1. The lowest BCUT2D eigenvalue weighted by Crippen LogP contribution is -2.43. The molecule has 0 spiro atoms. The average molecular weight is 274 g/mol. The van der Waals surface area contributed by atoms with Gasteiger partial charge in [0.15, 0.2) is 11.6 Å². The second kappa shape index (κ2) is 3.65. The smallest absolute Gasteiger partial charge is 0.339 e. The quantitative estimate of drug-likeness (QED) is 0.670. The first-order chi connectivity index (χ1) is 8.09. The first-order valence-electron chi connectivity index (χ1n) is 4.97. The molecule has 1 aliphatic rings. The van der Waals surface area contributed by atoms with E-state index in [-0.39, 0.29) is 5.69 Å². The summed E-state index contributed by atoms with van der Waals surface area (Å²) in [5.41, 5.74) is 1.81. The van der Waals surface area contributed by atoms with E-state index in [1.54, 1.807) is 22.6 Å². The molecular formula is C11H8ClF2N2S+. The largest absolute Gasteiger partial charge is 0.356 e. The predicted octanol–water partition coefficient (Wildman–Crippen LogP) is 2.91. The summed E-state index contributed by atoms with van der Waals surface area (Å²) in [7, 11) is 1.73. The summed E-state index contributed by atoms with van der Waals surface area (Å²) < 4.78 is 29.3. The molecule has 1 aliphatic heterocycles. The van der Waals surface area contributed by atoms with Crippen molar-refractivity contribution in [3.8, 4) is 5.69 Å². The molecule has 0 N–H and O–H groups in total. The molecule has 0 atom stereocenters. The number of fused-ring (bicyclic) bond motifs is 3. The van der Waals surface area contributed by atoms with Gasteiger partial charge in [-0.2, -0.15) is 0 Å². The van der Waals surface area contributed by atoms with Gasteiger partial charge in [0.2, 0.25) is 11.4 Å². The van der Waals surface area contributed by atoms with Crippen molar-refractivity contribution in [2.45, 2.75) is 6.54 Å². The Bertz CT molecular complexity index is 612. The SMILES string of the molecule is CN1Cc2csc(Cl)[n+]2-c2ccc(F)c(F)c21. The van der Waals surface area contributed by atoms with Gasteiger partial charge < -0.3 is 4.90 Å². The number of nitrogens with zero attached hydrogens (tertiary/aromatic N) is 2. The van der Waals surface area contributed by atoms with Crippen LogP contribution in [-0.2, 0) is 6.54 Å². The molecule has 2 nitrogen and oxygen atoms in total. The highest BCUT2D eigenvalue weighted by Gasteiger charge is 2.34. The highest BCUT2D eigenvalue weighted by molar-refractivity contribution is 7.13. The molecule has 0 aliphatic carbocycles. The third-order valence-electron chi connectivity index (χ3n) is 2.82. The molecule has 17 heavy (non-hydrogen) atoms. The van der Waals surface area contributed by atoms with Crippen molar-refractivity contribution in [3.63, 3.8) is 0 Å². The summed E-state index contributed by atoms with van der Waals surface area (Å²) in [5, 5.41) is 1.92. The molecule has 0 radical (unpaired) electrons. The summed E-state index contributed by atoms with van der Waals surface area (Å²) in [4.78, 5) is 1.69. The Morgan fingerprint density at radius 2 is 2.18 bits per heavy atom. The highest BCUT2D eigenvalue weighted by Crippen LogP contribution is 2.32. The minimum Gasteiger partial charge on any atom is -0.356 e. The van der Waals surface area contributed by atoms with E-state index in [2.05, 4.69) is 0 Å². The van der Waals surface area contributed by atoms with Crippen molar-refractivity contribution < 1.29 is 13.3 Å². The predicted molar refractivity (Wildman–Crippen MR) is 62.9 cm³/mol. The summed E-state index contributed by atoms with van der Waals surface area (Å²) in [6.45, 7) is 0.511. The Morgan fingerprint density at radius 1 is 1.41 bits per heavy atom. The van der Waals surface area contributed by atoms with Gasteiger partial charge in [0, 0.05) is 24.7 Å². The fourth-order valence-corrected chi connectivity index (χ4v) is 3.16. The second-order valence-corrected chi connectivity index (χ2v) is 5.34. The van der Waals surface area contributed by atoms with E-state index < -0.39 is 11.6 Å². The van der Waals surface area contributed by atoms with Gasteiger partial charge in [0.1, 0.15) is 12.2 Å². The van der Waals surface area contributed by atoms with Gasteiger partial charge in [0.05, 0.1) is 5.38 Å². The molecule has 6 heteroatoms. The maximum absolute atomic E-state index is 13.8. The highest BCUT2D eigenvalue weighted by atomic mass is 35.5. The van der Waals surface area contributed by atoms with Crippen LogP contribution in [0.25, 0.3) is 5.69 Å². The zero-order chi connectivity index (χ0) is 12.2. The van der Waals surface area contributed by atoms with E-state index in [4.69, 9.17) is 11.6 Å². The maximum atomic E-state index is 13.8. The monoisotopic (exact) mass is 273 g/mol. The minimum absolute atomic E-state index is 0.253. The van der Waals surface area contributed by atoms with Crippen LogP contribution in [0.3, 0.4) is 0 Å². The van der Waals surface area contributed by atoms with Crippen LogP contribution < -0.4 is 9.47 Å². The van der Waals surface area contributed by atoms with Crippen LogP contribution in [0.2, 0.25) is 4.47 Å². The van der Waals surface area contributed by atoms with Crippen molar-refractivity contribution >= 4 is 28.6 Å². The van der Waals surface area contributed by atoms with E-state index in [1.165, 1.54) is 11.3 Å². The molecule has 0 amide bonds. The van der Waals surface area contributed by atoms with Gasteiger partial charge in [-0.15, -0.1) is 4.57 Å². The Labute approximate surface area is 106 Å². The molecule has 2 aromatic rings. The molecule has 3 rings (SSSR count). The van der Waals surface area contributed by atoms with E-state index in [1.807, 2.05) is 5.38 Å². The second-order valence-electron chi connectivity index (χ2n) is 3.90. The molecule has 0 fully saturated rings. The van der Waals surface area contributed by atoms with Gasteiger partial charge in [-0.1, -0.05) is 11.3 Å². The minimum atomic E-state index is -0.842. The van der Waals surface area contributed by atoms with Crippen LogP contribution in [0.4, 0.5) is 14.5 Å². The van der Waals surface area contributed by atoms with Crippen LogP contribution in [0.1, 0.15) is 5.69 Å². The van der Waals surface area contributed by atoms with E-state index in [0.717, 1.165) is 11.8 Å². The number of aromatic nitrogens is 1. The first kappa shape index (κ1) is 10.9. The molecule has 0 saturated heterocycles. The van der Waals surface area contributed by atoms with Crippen molar-refractivity contribution in [2.75, 3.05) is 11.9 Å². The number of halogens is 3. The van der Waals surface area contributed by atoms with Gasteiger partial charge in [-0.25, -0.2) is 8.78 Å². The van der Waals surface area contributed by atoms with Gasteiger partial charge in [0.25, 0.3) is 0 Å². The van der Waals surface area contributed by atoms with Gasteiger partial charge in [-0.05, 0) is 6.07 Å². The fourth-order valence-electron chi connectivity index (χ4n) is 2.09. The van der Waals surface area contributed by atoms with Crippen LogP contribution in [0.5, 0.6) is 0 Å². The van der Waals surface area contributed by atoms with E-state index >= 15 is 0 Å². The summed E-state index contributed by atoms with van der Waals surface area (Å²) in [6, 6.07) is 2.67. The Morgan fingerprint density at radius 3 is 2.94 bits per heavy atom. The maximum Gasteiger partial charge on any atom is 0.339 e. The normalized spacial score (nSPS) is 13.5. The third-order valence-corrected chi connectivity index (χ3v) is 4.03. The summed E-state index contributed by atoms with van der Waals surface area (Å²) in [5.74, 6) is -1.67. The Balaban J connectivity index is 2.36. The number of rotatable bonds is 0. The number of thiazole rings is 1. The van der Waals surface area contributed by atoms with Crippen molar-refractivity contribution in [2.24, 2.45) is 0 Å². The van der Waals surface area contributed by atoms with Crippen LogP contribution >= 0.6 is 22.9 Å². The molecule has 88 valence electrons. The topological polar surface area (TPSA) is 7.12 Å². The van der Waals surface area contributed by atoms with Crippen LogP contribution in [0, 0.1) is 11.6 Å². The molecule has 2 heterocycles. The average Bonchev–Trinajstić information content (AvgIpc) is 2.65. The zero-order valence-corrected chi connectivity index (χ0v) is 10.4. The Kier molecular flexibility index (Phi) is 2.34. The lowest BCUT2D eigenvalue weighted by Gasteiger charge is -2.23. The van der Waals surface area contributed by atoms with Crippen LogP contribution in [-0.4, -0.2) is 7.05 Å². The number of hydrogen-bond donors (Lipinski definition) is 0. The van der Waals surface area contributed by atoms with Crippen LogP contribution in [0.15, 0.2) is 17.5 Å². The number of anilines is 1. The molecule has 1 aromatic heterocycles. The standard InChI is InChI=1S/C11H8ClF2N2S/c1-15-4-6-5-17-11(12)16(6)8-3-2-7(13)9(14)10(8)15/h2-3,5H,4H2,1H3/q+1. The van der Waals surface area contributed by atoms with Crippen molar-refractivity contribution in [3.05, 3.63) is 39.3 Å². The first-order valence-corrected chi connectivity index (χ1v) is 6.23. The van der Waals surface area contributed by atoms with Crippen molar-refractivity contribution in [1.29, 1.82) is 0 Å². The molecule has 0 unspecified atom stereocenters. The fraction of sp³-hybridized carbons (Fsp3) is 0.182. The molecular weight excluding hydrogens is 266 g/mol. The molecule has 1 aromatic carbocycles. The lowest BCUT2D eigenvalue weighted by atomic mass is 10.1. The zero-order valence-electron chi connectivity index (χ0n) is 8.88.